The number of hydrogen-bond acceptors (Lipinski definition) is 4. The van der Waals surface area contributed by atoms with Crippen molar-refractivity contribution in [3.05, 3.63) is 0 Å². The summed E-state index contributed by atoms with van der Waals surface area (Å²) in [6.45, 7) is 6.06. The first-order chi connectivity index (χ1) is 11.5. The summed E-state index contributed by atoms with van der Waals surface area (Å²) in [6.07, 6.45) is 4.39. The van der Waals surface area contributed by atoms with Gasteiger partial charge in [-0.05, 0) is 31.6 Å². The van der Waals surface area contributed by atoms with E-state index in [2.05, 4.69) is 6.92 Å². The summed E-state index contributed by atoms with van der Waals surface area (Å²) in [5, 5.41) is 11.2. The van der Waals surface area contributed by atoms with Gasteiger partial charge in [0.25, 0.3) is 0 Å². The van der Waals surface area contributed by atoms with Crippen LogP contribution in [0.15, 0.2) is 0 Å². The van der Waals surface area contributed by atoms with E-state index >= 15 is 0 Å². The number of nitrogens with zero attached hydrogens (tertiary/aromatic N) is 2. The first kappa shape index (κ1) is 17.7. The third-order valence-corrected chi connectivity index (χ3v) is 6.18. The van der Waals surface area contributed by atoms with Gasteiger partial charge in [0, 0.05) is 58.2 Å². The third kappa shape index (κ3) is 3.59. The molecule has 0 aliphatic carbocycles. The van der Waals surface area contributed by atoms with Crippen molar-refractivity contribution < 1.29 is 19.4 Å². The van der Waals surface area contributed by atoms with Crippen molar-refractivity contribution in [1.29, 1.82) is 0 Å². The molecule has 2 amide bonds. The van der Waals surface area contributed by atoms with E-state index in [0.717, 1.165) is 39.0 Å². The lowest BCUT2D eigenvalue weighted by Crippen LogP contribution is -2.57. The maximum Gasteiger partial charge on any atom is 0.224 e. The molecule has 0 aromatic carbocycles. The van der Waals surface area contributed by atoms with E-state index < -0.39 is 5.60 Å². The van der Waals surface area contributed by atoms with Gasteiger partial charge in [-0.3, -0.25) is 9.59 Å². The van der Waals surface area contributed by atoms with Crippen LogP contribution in [-0.4, -0.2) is 71.7 Å². The lowest BCUT2D eigenvalue weighted by atomic mass is 9.70. The summed E-state index contributed by atoms with van der Waals surface area (Å²) in [5.41, 5.74) is -0.675. The minimum Gasteiger partial charge on any atom is -0.389 e. The molecule has 3 saturated heterocycles. The molecule has 0 aromatic heterocycles. The second kappa shape index (κ2) is 7.40. The number of likely N-dealkylation sites (tertiary alicyclic amines) is 2. The summed E-state index contributed by atoms with van der Waals surface area (Å²) in [4.78, 5) is 27.8. The number of amides is 2. The Balaban J connectivity index is 1.50. The fourth-order valence-electron chi connectivity index (χ4n) is 4.50. The van der Waals surface area contributed by atoms with Gasteiger partial charge in [-0.1, -0.05) is 6.92 Å². The molecule has 3 rings (SSSR count). The normalized spacial score (nSPS) is 32.4. The third-order valence-electron chi connectivity index (χ3n) is 6.18. The van der Waals surface area contributed by atoms with E-state index in [1.54, 1.807) is 4.90 Å². The molecule has 0 aromatic rings. The van der Waals surface area contributed by atoms with Crippen LogP contribution in [-0.2, 0) is 14.3 Å². The zero-order valence-electron chi connectivity index (χ0n) is 14.7. The molecular formula is C18H30N2O4. The molecule has 0 spiro atoms. The smallest absolute Gasteiger partial charge is 0.224 e. The Kier molecular flexibility index (Phi) is 5.45. The van der Waals surface area contributed by atoms with Gasteiger partial charge in [-0.2, -0.15) is 0 Å². The minimum atomic E-state index is -0.675. The van der Waals surface area contributed by atoms with Crippen LogP contribution < -0.4 is 0 Å². The molecule has 3 aliphatic heterocycles. The molecule has 3 heterocycles. The number of piperidine rings is 1. The fourth-order valence-corrected chi connectivity index (χ4v) is 4.50. The Morgan fingerprint density at radius 3 is 2.71 bits per heavy atom. The standard InChI is InChI=1S/C18H30N2O4/c1-14-13-20(17(22)4-9-19-8-2-3-16(19)21)10-7-18(14,23)15-5-11-24-12-6-15/h14-15,23H,2-13H2,1H3/t14-,18+/m1/s1. The van der Waals surface area contributed by atoms with E-state index in [1.165, 1.54) is 0 Å². The minimum absolute atomic E-state index is 0.0757. The van der Waals surface area contributed by atoms with Crippen LogP contribution >= 0.6 is 0 Å². The monoisotopic (exact) mass is 338 g/mol. The summed E-state index contributed by atoms with van der Waals surface area (Å²) in [7, 11) is 0. The van der Waals surface area contributed by atoms with Crippen molar-refractivity contribution in [2.24, 2.45) is 11.8 Å². The summed E-state index contributed by atoms with van der Waals surface area (Å²) >= 11 is 0. The van der Waals surface area contributed by atoms with Crippen LogP contribution in [0.25, 0.3) is 0 Å². The van der Waals surface area contributed by atoms with Crippen LogP contribution in [0.1, 0.15) is 45.4 Å². The number of carbonyl (C=O) groups excluding carboxylic acids is 2. The van der Waals surface area contributed by atoms with Crippen molar-refractivity contribution in [1.82, 2.24) is 9.80 Å². The molecule has 0 bridgehead atoms. The van der Waals surface area contributed by atoms with Gasteiger partial charge in [0.15, 0.2) is 0 Å². The van der Waals surface area contributed by atoms with Gasteiger partial charge < -0.3 is 19.6 Å². The lowest BCUT2D eigenvalue weighted by molar-refractivity contribution is -0.151. The Bertz CT molecular complexity index is 478. The van der Waals surface area contributed by atoms with Crippen LogP contribution in [0.5, 0.6) is 0 Å². The zero-order valence-corrected chi connectivity index (χ0v) is 14.7. The second-order valence-electron chi connectivity index (χ2n) is 7.60. The molecule has 1 N–H and O–H groups in total. The second-order valence-corrected chi connectivity index (χ2v) is 7.60. The van der Waals surface area contributed by atoms with Crippen LogP contribution in [0.4, 0.5) is 0 Å². The summed E-state index contributed by atoms with van der Waals surface area (Å²) < 4.78 is 5.41. The van der Waals surface area contributed by atoms with Crippen LogP contribution in [0.2, 0.25) is 0 Å². The first-order valence-electron chi connectivity index (χ1n) is 9.36. The summed E-state index contributed by atoms with van der Waals surface area (Å²) in [5.74, 6) is 0.631. The van der Waals surface area contributed by atoms with Crippen molar-refractivity contribution in [2.45, 2.75) is 51.0 Å². The molecule has 0 unspecified atom stereocenters. The molecule has 6 nitrogen and oxygen atoms in total. The molecule has 6 heteroatoms. The molecule has 3 aliphatic rings. The van der Waals surface area contributed by atoms with Crippen molar-refractivity contribution in [3.8, 4) is 0 Å². The quantitative estimate of drug-likeness (QED) is 0.831. The molecule has 0 radical (unpaired) electrons. The fraction of sp³-hybridized carbons (Fsp3) is 0.889. The van der Waals surface area contributed by atoms with Gasteiger partial charge in [0.05, 0.1) is 5.60 Å². The highest BCUT2D eigenvalue weighted by molar-refractivity contribution is 5.80. The Morgan fingerprint density at radius 2 is 2.08 bits per heavy atom. The number of aliphatic hydroxyl groups is 1. The molecular weight excluding hydrogens is 308 g/mol. The molecule has 24 heavy (non-hydrogen) atoms. The van der Waals surface area contributed by atoms with Crippen LogP contribution in [0.3, 0.4) is 0 Å². The number of rotatable bonds is 4. The van der Waals surface area contributed by atoms with Gasteiger partial charge in [0.1, 0.15) is 0 Å². The van der Waals surface area contributed by atoms with Crippen molar-refractivity contribution in [2.75, 3.05) is 39.4 Å². The lowest BCUT2D eigenvalue weighted by Gasteiger charge is -2.48. The predicted molar refractivity (Wildman–Crippen MR) is 89.3 cm³/mol. The highest BCUT2D eigenvalue weighted by atomic mass is 16.5. The largest absolute Gasteiger partial charge is 0.389 e. The maximum absolute atomic E-state index is 12.5. The van der Waals surface area contributed by atoms with E-state index in [4.69, 9.17) is 4.74 Å². The van der Waals surface area contributed by atoms with Gasteiger partial charge in [0.2, 0.25) is 11.8 Å². The average molecular weight is 338 g/mol. The number of hydrogen-bond donors (Lipinski definition) is 1. The highest BCUT2D eigenvalue weighted by Crippen LogP contribution is 2.39. The van der Waals surface area contributed by atoms with E-state index in [0.29, 0.717) is 38.9 Å². The zero-order chi connectivity index (χ0) is 17.2. The number of carbonyl (C=O) groups is 2. The highest BCUT2D eigenvalue weighted by Gasteiger charge is 2.45. The average Bonchev–Trinajstić information content (AvgIpc) is 3.01. The van der Waals surface area contributed by atoms with E-state index in [1.807, 2.05) is 4.90 Å². The van der Waals surface area contributed by atoms with Crippen molar-refractivity contribution >= 4 is 11.8 Å². The van der Waals surface area contributed by atoms with Crippen LogP contribution in [0, 0.1) is 11.8 Å². The van der Waals surface area contributed by atoms with Gasteiger partial charge >= 0.3 is 0 Å². The SMILES string of the molecule is C[C@@H]1CN(C(=O)CCN2CCCC2=O)CC[C@@]1(O)C1CCOCC1. The number of ether oxygens (including phenoxy) is 1. The van der Waals surface area contributed by atoms with Gasteiger partial charge in [-0.25, -0.2) is 0 Å². The van der Waals surface area contributed by atoms with E-state index in [-0.39, 0.29) is 23.7 Å². The summed E-state index contributed by atoms with van der Waals surface area (Å²) in [6, 6.07) is 0. The van der Waals surface area contributed by atoms with Crippen molar-refractivity contribution in [3.63, 3.8) is 0 Å². The molecule has 3 fully saturated rings. The van der Waals surface area contributed by atoms with E-state index in [9.17, 15) is 14.7 Å². The molecule has 2 atom stereocenters. The Labute approximate surface area is 144 Å². The first-order valence-corrected chi connectivity index (χ1v) is 9.36. The molecule has 0 saturated carbocycles. The topological polar surface area (TPSA) is 70.1 Å². The maximum atomic E-state index is 12.5. The Morgan fingerprint density at radius 1 is 1.33 bits per heavy atom. The Hall–Kier alpha value is -1.14. The van der Waals surface area contributed by atoms with Gasteiger partial charge in [-0.15, -0.1) is 0 Å². The molecule has 136 valence electrons. The predicted octanol–water partition coefficient (Wildman–Crippen LogP) is 1.02.